The molecule has 110 valence electrons. The molecule has 1 aromatic rings. The number of nitrogens with one attached hydrogen (secondary N) is 1. The zero-order valence-corrected chi connectivity index (χ0v) is 12.9. The summed E-state index contributed by atoms with van der Waals surface area (Å²) in [5.41, 5.74) is 0. The van der Waals surface area contributed by atoms with Crippen molar-refractivity contribution < 1.29 is 9.53 Å². The molecule has 1 amide bonds. The van der Waals surface area contributed by atoms with E-state index >= 15 is 0 Å². The smallest absolute Gasteiger partial charge is 0.234 e. The van der Waals surface area contributed by atoms with Gasteiger partial charge in [0.1, 0.15) is 0 Å². The largest absolute Gasteiger partial charge is 0.379 e. The number of halogens is 1. The molecule has 1 aromatic heterocycles. The zero-order valence-electron chi connectivity index (χ0n) is 11.3. The molecule has 0 aliphatic carbocycles. The topological polar surface area (TPSA) is 54.5 Å². The Balaban J connectivity index is 1.76. The first-order valence-corrected chi connectivity index (χ1v) is 7.77. The Morgan fingerprint density at radius 2 is 2.35 bits per heavy atom. The molecule has 1 unspecified atom stereocenters. The fraction of sp³-hybridized carbons (Fsp3) is 0.538. The van der Waals surface area contributed by atoms with E-state index in [1.807, 2.05) is 6.92 Å². The number of nitrogens with zero attached hydrogens (tertiary/aromatic N) is 2. The molecule has 0 aromatic carbocycles. The number of carbonyl (C=O) groups excluding carboxylic acids is 1. The van der Waals surface area contributed by atoms with Crippen molar-refractivity contribution in [1.82, 2.24) is 15.2 Å². The summed E-state index contributed by atoms with van der Waals surface area (Å²) in [6.07, 6.45) is 1.64. The van der Waals surface area contributed by atoms with Crippen molar-refractivity contribution in [3.05, 3.63) is 23.4 Å². The second-order valence-corrected chi connectivity index (χ2v) is 6.30. The number of thioether (sulfide) groups is 1. The van der Waals surface area contributed by atoms with E-state index in [1.165, 1.54) is 11.8 Å². The highest BCUT2D eigenvalue weighted by Crippen LogP contribution is 2.23. The van der Waals surface area contributed by atoms with Crippen LogP contribution >= 0.6 is 23.4 Å². The monoisotopic (exact) mass is 315 g/mol. The Morgan fingerprint density at radius 3 is 3.05 bits per heavy atom. The fourth-order valence-corrected chi connectivity index (χ4v) is 2.87. The summed E-state index contributed by atoms with van der Waals surface area (Å²) < 4.78 is 5.26. The minimum absolute atomic E-state index is 0.00303. The standard InChI is InChI=1S/C13H18ClN3O2S/c1-10(20-12-8-11(14)2-3-15-12)13(18)16-9-17-4-6-19-7-5-17/h2-3,8,10H,4-7,9H2,1H3,(H,16,18). The van der Waals surface area contributed by atoms with Crippen LogP contribution in [-0.2, 0) is 9.53 Å². The molecule has 0 bridgehead atoms. The lowest BCUT2D eigenvalue weighted by Crippen LogP contribution is -2.45. The van der Waals surface area contributed by atoms with Gasteiger partial charge in [-0.2, -0.15) is 0 Å². The number of carbonyl (C=O) groups is 1. The minimum Gasteiger partial charge on any atom is -0.379 e. The van der Waals surface area contributed by atoms with Crippen LogP contribution in [0.2, 0.25) is 5.02 Å². The quantitative estimate of drug-likeness (QED) is 0.837. The Labute approximate surface area is 128 Å². The average molecular weight is 316 g/mol. The average Bonchev–Trinajstić information content (AvgIpc) is 2.46. The van der Waals surface area contributed by atoms with E-state index in [4.69, 9.17) is 16.3 Å². The minimum atomic E-state index is -0.206. The first kappa shape index (κ1) is 15.6. The SMILES string of the molecule is CC(Sc1cc(Cl)ccn1)C(=O)NCN1CCOCC1. The number of pyridine rings is 1. The first-order valence-electron chi connectivity index (χ1n) is 6.51. The Kier molecular flexibility index (Phi) is 6.09. The highest BCUT2D eigenvalue weighted by atomic mass is 35.5. The second-order valence-electron chi connectivity index (χ2n) is 4.50. The number of hydrogen-bond acceptors (Lipinski definition) is 5. The van der Waals surface area contributed by atoms with Crippen molar-refractivity contribution in [2.45, 2.75) is 17.2 Å². The molecular formula is C13H18ClN3O2S. The maximum atomic E-state index is 12.0. The molecule has 1 atom stereocenters. The molecule has 1 aliphatic heterocycles. The van der Waals surface area contributed by atoms with Gasteiger partial charge in [0.05, 0.1) is 30.2 Å². The Morgan fingerprint density at radius 1 is 1.60 bits per heavy atom. The van der Waals surface area contributed by atoms with Crippen molar-refractivity contribution in [2.75, 3.05) is 33.0 Å². The van der Waals surface area contributed by atoms with Gasteiger partial charge >= 0.3 is 0 Å². The molecule has 0 saturated carbocycles. The van der Waals surface area contributed by atoms with Crippen molar-refractivity contribution in [2.24, 2.45) is 0 Å². The third-order valence-corrected chi connectivity index (χ3v) is 4.21. The van der Waals surface area contributed by atoms with E-state index in [0.717, 1.165) is 31.3 Å². The van der Waals surface area contributed by atoms with Gasteiger partial charge in [-0.25, -0.2) is 4.98 Å². The summed E-state index contributed by atoms with van der Waals surface area (Å²) in [5.74, 6) is 0.00303. The highest BCUT2D eigenvalue weighted by Gasteiger charge is 2.17. The van der Waals surface area contributed by atoms with Gasteiger partial charge in [0.15, 0.2) is 0 Å². The normalized spacial score (nSPS) is 17.7. The second kappa shape index (κ2) is 7.83. The van der Waals surface area contributed by atoms with Gasteiger partial charge < -0.3 is 10.1 Å². The van der Waals surface area contributed by atoms with Gasteiger partial charge in [0, 0.05) is 24.3 Å². The van der Waals surface area contributed by atoms with Crippen LogP contribution in [0.5, 0.6) is 0 Å². The van der Waals surface area contributed by atoms with Crippen molar-refractivity contribution in [3.63, 3.8) is 0 Å². The van der Waals surface area contributed by atoms with Crippen LogP contribution in [0.1, 0.15) is 6.92 Å². The number of aromatic nitrogens is 1. The number of rotatable bonds is 5. The summed E-state index contributed by atoms with van der Waals surface area (Å²) in [6, 6.07) is 3.48. The molecule has 1 fully saturated rings. The van der Waals surface area contributed by atoms with Gasteiger partial charge in [-0.3, -0.25) is 9.69 Å². The molecule has 1 aliphatic rings. The van der Waals surface area contributed by atoms with Gasteiger partial charge in [0.2, 0.25) is 5.91 Å². The zero-order chi connectivity index (χ0) is 14.4. The summed E-state index contributed by atoms with van der Waals surface area (Å²) >= 11 is 7.30. The maximum absolute atomic E-state index is 12.0. The number of ether oxygens (including phenoxy) is 1. The van der Waals surface area contributed by atoms with Crippen molar-refractivity contribution in [1.29, 1.82) is 0 Å². The maximum Gasteiger partial charge on any atom is 0.234 e. The number of amides is 1. The van der Waals surface area contributed by atoms with E-state index in [1.54, 1.807) is 18.3 Å². The van der Waals surface area contributed by atoms with Crippen LogP contribution in [-0.4, -0.2) is 54.0 Å². The molecular weight excluding hydrogens is 298 g/mol. The van der Waals surface area contributed by atoms with Crippen molar-refractivity contribution in [3.8, 4) is 0 Å². The molecule has 1 N–H and O–H groups in total. The summed E-state index contributed by atoms with van der Waals surface area (Å²) in [5, 5.41) is 4.11. The van der Waals surface area contributed by atoms with Gasteiger partial charge in [-0.15, -0.1) is 0 Å². The summed E-state index contributed by atoms with van der Waals surface area (Å²) in [6.45, 7) is 5.60. The summed E-state index contributed by atoms with van der Waals surface area (Å²) in [4.78, 5) is 18.4. The van der Waals surface area contributed by atoms with E-state index in [2.05, 4.69) is 15.2 Å². The molecule has 1 saturated heterocycles. The molecule has 2 rings (SSSR count). The Hall–Kier alpha value is -0.820. The predicted molar refractivity (Wildman–Crippen MR) is 80.0 cm³/mol. The van der Waals surface area contributed by atoms with Gasteiger partial charge in [0.25, 0.3) is 0 Å². The van der Waals surface area contributed by atoms with E-state index in [9.17, 15) is 4.79 Å². The van der Waals surface area contributed by atoms with E-state index in [0.29, 0.717) is 11.7 Å². The molecule has 7 heteroatoms. The molecule has 20 heavy (non-hydrogen) atoms. The molecule has 2 heterocycles. The fourth-order valence-electron chi connectivity index (χ4n) is 1.78. The number of hydrogen-bond donors (Lipinski definition) is 1. The van der Waals surface area contributed by atoms with E-state index in [-0.39, 0.29) is 11.2 Å². The first-order chi connectivity index (χ1) is 9.65. The van der Waals surface area contributed by atoms with Crippen LogP contribution in [0.4, 0.5) is 0 Å². The van der Waals surface area contributed by atoms with Gasteiger partial charge in [-0.05, 0) is 19.1 Å². The number of morpholine rings is 1. The highest BCUT2D eigenvalue weighted by molar-refractivity contribution is 8.00. The third-order valence-electron chi connectivity index (χ3n) is 2.94. The van der Waals surface area contributed by atoms with Crippen LogP contribution < -0.4 is 5.32 Å². The van der Waals surface area contributed by atoms with E-state index < -0.39 is 0 Å². The van der Waals surface area contributed by atoms with Gasteiger partial charge in [-0.1, -0.05) is 23.4 Å². The predicted octanol–water partition coefficient (Wildman–Crippen LogP) is 1.62. The summed E-state index contributed by atoms with van der Waals surface area (Å²) in [7, 11) is 0. The lowest BCUT2D eigenvalue weighted by molar-refractivity contribution is -0.121. The van der Waals surface area contributed by atoms with Crippen LogP contribution in [0, 0.1) is 0 Å². The van der Waals surface area contributed by atoms with Crippen LogP contribution in [0.15, 0.2) is 23.4 Å². The third kappa shape index (κ3) is 4.94. The molecule has 0 spiro atoms. The van der Waals surface area contributed by atoms with Crippen LogP contribution in [0.25, 0.3) is 0 Å². The lowest BCUT2D eigenvalue weighted by Gasteiger charge is -2.27. The van der Waals surface area contributed by atoms with Crippen molar-refractivity contribution >= 4 is 29.3 Å². The molecule has 0 radical (unpaired) electrons. The van der Waals surface area contributed by atoms with Crippen LogP contribution in [0.3, 0.4) is 0 Å². The Bertz CT molecular complexity index is 455. The lowest BCUT2D eigenvalue weighted by atomic mass is 10.4. The molecule has 5 nitrogen and oxygen atoms in total.